The van der Waals surface area contributed by atoms with Crippen molar-refractivity contribution in [1.82, 2.24) is 4.72 Å². The number of nitrogens with one attached hydrogen (secondary N) is 1. The van der Waals surface area contributed by atoms with Gasteiger partial charge in [-0.15, -0.1) is 0 Å². The minimum absolute atomic E-state index is 0.0409. The summed E-state index contributed by atoms with van der Waals surface area (Å²) in [6.45, 7) is 4.09. The van der Waals surface area contributed by atoms with Crippen LogP contribution in [0.25, 0.3) is 0 Å². The molecule has 1 atom stereocenters. The quantitative estimate of drug-likeness (QED) is 0.856. The number of carboxylic acids is 1. The second-order valence-corrected chi connectivity index (χ2v) is 6.89. The van der Waals surface area contributed by atoms with Crippen LogP contribution < -0.4 is 4.72 Å². The largest absolute Gasteiger partial charge is 0.478 e. The molecule has 24 heavy (non-hydrogen) atoms. The summed E-state index contributed by atoms with van der Waals surface area (Å²) >= 11 is 0. The van der Waals surface area contributed by atoms with Crippen molar-refractivity contribution in [3.05, 3.63) is 52.5 Å². The molecule has 1 heterocycles. The molecule has 0 spiro atoms. The number of hydrogen-bond donors (Lipinski definition) is 2. The number of rotatable bonds is 5. The van der Waals surface area contributed by atoms with E-state index >= 15 is 0 Å². The summed E-state index contributed by atoms with van der Waals surface area (Å²) in [5.41, 5.74) is -0.273. The van der Waals surface area contributed by atoms with Gasteiger partial charge in [-0.05, 0) is 38.5 Å². The van der Waals surface area contributed by atoms with Gasteiger partial charge in [0, 0.05) is 6.04 Å². The van der Waals surface area contributed by atoms with Gasteiger partial charge in [-0.2, -0.15) is 0 Å². The van der Waals surface area contributed by atoms with Crippen molar-refractivity contribution in [2.45, 2.75) is 31.7 Å². The van der Waals surface area contributed by atoms with Gasteiger partial charge in [-0.25, -0.2) is 26.7 Å². The summed E-state index contributed by atoms with van der Waals surface area (Å²) in [7, 11) is -4.26. The molecule has 1 aromatic carbocycles. The fraction of sp³-hybridized carbons (Fsp3) is 0.267. The lowest BCUT2D eigenvalue weighted by Gasteiger charge is -2.15. The van der Waals surface area contributed by atoms with Crippen LogP contribution in [0.5, 0.6) is 0 Å². The van der Waals surface area contributed by atoms with Crippen LogP contribution in [-0.4, -0.2) is 19.5 Å². The molecule has 2 aromatic rings. The molecular weight excluding hydrogens is 344 g/mol. The van der Waals surface area contributed by atoms with Crippen LogP contribution >= 0.6 is 0 Å². The average Bonchev–Trinajstić information content (AvgIpc) is 2.76. The van der Waals surface area contributed by atoms with Gasteiger partial charge in [0.25, 0.3) is 0 Å². The summed E-state index contributed by atoms with van der Waals surface area (Å²) in [5.74, 6) is -3.72. The van der Waals surface area contributed by atoms with E-state index in [-0.39, 0.29) is 17.1 Å². The van der Waals surface area contributed by atoms with Gasteiger partial charge in [0.1, 0.15) is 22.0 Å². The van der Waals surface area contributed by atoms with Crippen LogP contribution in [0, 0.1) is 25.5 Å². The standard InChI is InChI=1S/C15H15F2NO5S/c1-7(10-4-5-11(16)12(17)6-10)18-24(21,22)14-9(3)23-8(2)13(14)15(19)20/h4-7,18H,1-3H3,(H,19,20). The van der Waals surface area contributed by atoms with Crippen molar-refractivity contribution in [2.75, 3.05) is 0 Å². The van der Waals surface area contributed by atoms with E-state index in [9.17, 15) is 27.1 Å². The molecule has 1 aromatic heterocycles. The normalized spacial score (nSPS) is 13.0. The van der Waals surface area contributed by atoms with Crippen LogP contribution in [-0.2, 0) is 10.0 Å². The Morgan fingerprint density at radius 2 is 1.83 bits per heavy atom. The van der Waals surface area contributed by atoms with E-state index in [1.165, 1.54) is 26.8 Å². The Morgan fingerprint density at radius 1 is 1.21 bits per heavy atom. The molecule has 1 unspecified atom stereocenters. The Balaban J connectivity index is 2.42. The summed E-state index contributed by atoms with van der Waals surface area (Å²) in [6.07, 6.45) is 0. The number of sulfonamides is 1. The number of benzene rings is 1. The summed E-state index contributed by atoms with van der Waals surface area (Å²) in [5, 5.41) is 9.20. The molecule has 0 fully saturated rings. The fourth-order valence-electron chi connectivity index (χ4n) is 2.38. The number of aromatic carboxylic acids is 1. The second kappa shape index (κ2) is 6.33. The van der Waals surface area contributed by atoms with Crippen LogP contribution in [0.2, 0.25) is 0 Å². The first kappa shape index (κ1) is 18.1. The predicted octanol–water partition coefficient (Wildman–Crippen LogP) is 2.91. The summed E-state index contributed by atoms with van der Waals surface area (Å²) in [4.78, 5) is 10.8. The van der Waals surface area contributed by atoms with Crippen molar-refractivity contribution in [2.24, 2.45) is 0 Å². The Morgan fingerprint density at radius 3 is 2.38 bits per heavy atom. The van der Waals surface area contributed by atoms with Gasteiger partial charge in [0.15, 0.2) is 11.6 Å². The molecular formula is C15H15F2NO5S. The smallest absolute Gasteiger partial charge is 0.340 e. The highest BCUT2D eigenvalue weighted by Crippen LogP contribution is 2.28. The molecule has 0 aliphatic rings. The fourth-order valence-corrected chi connectivity index (χ4v) is 4.01. The zero-order valence-electron chi connectivity index (χ0n) is 13.1. The molecule has 0 aliphatic heterocycles. The molecule has 6 nitrogen and oxygen atoms in total. The molecule has 0 saturated carbocycles. The highest BCUT2D eigenvalue weighted by molar-refractivity contribution is 7.89. The number of furan rings is 1. The predicted molar refractivity (Wildman–Crippen MR) is 80.2 cm³/mol. The minimum atomic E-state index is -4.26. The lowest BCUT2D eigenvalue weighted by atomic mass is 10.1. The molecule has 130 valence electrons. The third kappa shape index (κ3) is 3.31. The highest BCUT2D eigenvalue weighted by Gasteiger charge is 2.32. The third-order valence-corrected chi connectivity index (χ3v) is 5.16. The van der Waals surface area contributed by atoms with E-state index < -0.39 is 44.1 Å². The molecule has 9 heteroatoms. The monoisotopic (exact) mass is 359 g/mol. The Labute approximate surface area is 137 Å². The second-order valence-electron chi connectivity index (χ2n) is 5.24. The van der Waals surface area contributed by atoms with E-state index in [1.54, 1.807) is 0 Å². The van der Waals surface area contributed by atoms with Crippen molar-refractivity contribution >= 4 is 16.0 Å². The van der Waals surface area contributed by atoms with Crippen LogP contribution in [0.3, 0.4) is 0 Å². The first-order chi connectivity index (χ1) is 11.0. The average molecular weight is 359 g/mol. The lowest BCUT2D eigenvalue weighted by Crippen LogP contribution is -2.28. The maximum atomic E-state index is 13.3. The molecule has 0 saturated heterocycles. The Hall–Kier alpha value is -2.26. The van der Waals surface area contributed by atoms with Gasteiger partial charge in [0.2, 0.25) is 10.0 Å². The van der Waals surface area contributed by atoms with Gasteiger partial charge in [-0.1, -0.05) is 6.07 Å². The van der Waals surface area contributed by atoms with E-state index in [0.29, 0.717) is 0 Å². The Kier molecular flexibility index (Phi) is 4.77. The summed E-state index contributed by atoms with van der Waals surface area (Å²) in [6, 6.07) is 2.07. The maximum Gasteiger partial charge on any atom is 0.340 e. The number of carbonyl (C=O) groups is 1. The van der Waals surface area contributed by atoms with Crippen molar-refractivity contribution < 1.29 is 31.5 Å². The first-order valence-corrected chi connectivity index (χ1v) is 8.33. The molecule has 0 amide bonds. The van der Waals surface area contributed by atoms with Crippen LogP contribution in [0.1, 0.15) is 40.4 Å². The van der Waals surface area contributed by atoms with Gasteiger partial charge in [-0.3, -0.25) is 0 Å². The zero-order valence-corrected chi connectivity index (χ0v) is 13.9. The van der Waals surface area contributed by atoms with Gasteiger partial charge in [0.05, 0.1) is 0 Å². The topological polar surface area (TPSA) is 96.6 Å². The van der Waals surface area contributed by atoms with Gasteiger partial charge < -0.3 is 9.52 Å². The molecule has 0 radical (unpaired) electrons. The minimum Gasteiger partial charge on any atom is -0.478 e. The van der Waals surface area contributed by atoms with Crippen LogP contribution in [0.4, 0.5) is 8.78 Å². The Bertz CT molecular complexity index is 905. The number of halogens is 2. The van der Waals surface area contributed by atoms with E-state index in [0.717, 1.165) is 12.1 Å². The molecule has 0 aliphatic carbocycles. The summed E-state index contributed by atoms with van der Waals surface area (Å²) < 4.78 is 58.7. The highest BCUT2D eigenvalue weighted by atomic mass is 32.2. The van der Waals surface area contributed by atoms with Crippen molar-refractivity contribution in [1.29, 1.82) is 0 Å². The van der Waals surface area contributed by atoms with E-state index in [2.05, 4.69) is 4.72 Å². The third-order valence-electron chi connectivity index (χ3n) is 3.46. The SMILES string of the molecule is Cc1oc(C)c(S(=O)(=O)NC(C)c2ccc(F)c(F)c2)c1C(=O)O. The zero-order chi connectivity index (χ0) is 18.2. The first-order valence-electron chi connectivity index (χ1n) is 6.85. The maximum absolute atomic E-state index is 13.3. The number of aryl methyl sites for hydroxylation is 2. The van der Waals surface area contributed by atoms with Crippen molar-refractivity contribution in [3.63, 3.8) is 0 Å². The number of carboxylic acid groups (broad SMARTS) is 1. The lowest BCUT2D eigenvalue weighted by molar-refractivity contribution is 0.0691. The molecule has 2 rings (SSSR count). The van der Waals surface area contributed by atoms with Gasteiger partial charge >= 0.3 is 5.97 Å². The molecule has 2 N–H and O–H groups in total. The van der Waals surface area contributed by atoms with Crippen LogP contribution in [0.15, 0.2) is 27.5 Å². The molecule has 0 bridgehead atoms. The van der Waals surface area contributed by atoms with E-state index in [1.807, 2.05) is 0 Å². The van der Waals surface area contributed by atoms with E-state index in [4.69, 9.17) is 4.42 Å². The number of hydrogen-bond acceptors (Lipinski definition) is 4. The van der Waals surface area contributed by atoms with Crippen molar-refractivity contribution in [3.8, 4) is 0 Å².